The molecule has 18 heavy (non-hydrogen) atoms. The Morgan fingerprint density at radius 3 is 2.44 bits per heavy atom. The molecule has 0 bridgehead atoms. The molecule has 0 aromatic heterocycles. The van der Waals surface area contributed by atoms with Crippen molar-refractivity contribution in [3.8, 4) is 5.75 Å². The summed E-state index contributed by atoms with van der Waals surface area (Å²) in [4.78, 5) is 13.9. The van der Waals surface area contributed by atoms with Gasteiger partial charge in [-0.2, -0.15) is 0 Å². The van der Waals surface area contributed by atoms with Crippen LogP contribution in [0.15, 0.2) is 24.3 Å². The lowest BCUT2D eigenvalue weighted by Crippen LogP contribution is -2.36. The lowest BCUT2D eigenvalue weighted by molar-refractivity contribution is -0.131. The fourth-order valence-electron chi connectivity index (χ4n) is 2.03. The number of rotatable bonds is 5. The zero-order valence-electron chi connectivity index (χ0n) is 11.7. The Labute approximate surface area is 109 Å². The maximum absolute atomic E-state index is 12.1. The summed E-state index contributed by atoms with van der Waals surface area (Å²) in [7, 11) is 1.83. The molecule has 3 heteroatoms. The molecule has 1 unspecified atom stereocenters. The molecule has 1 amide bonds. The van der Waals surface area contributed by atoms with E-state index in [9.17, 15) is 9.90 Å². The highest BCUT2D eigenvalue weighted by Crippen LogP contribution is 2.18. The number of para-hydroxylation sites is 1. The van der Waals surface area contributed by atoms with E-state index in [0.29, 0.717) is 11.5 Å². The zero-order chi connectivity index (χ0) is 13.7. The van der Waals surface area contributed by atoms with Crippen LogP contribution in [0.3, 0.4) is 0 Å². The Bertz CT molecular complexity index is 401. The molecule has 1 rings (SSSR count). The number of phenols is 1. The Kier molecular flexibility index (Phi) is 5.20. The van der Waals surface area contributed by atoms with Crippen LogP contribution in [0.4, 0.5) is 0 Å². The molecular weight excluding hydrogens is 226 g/mol. The normalized spacial score (nSPS) is 12.5. The van der Waals surface area contributed by atoms with Gasteiger partial charge >= 0.3 is 0 Å². The molecular formula is C15H23NO2. The quantitative estimate of drug-likeness (QED) is 0.871. The van der Waals surface area contributed by atoms with E-state index in [1.807, 2.05) is 13.1 Å². The van der Waals surface area contributed by atoms with Crippen molar-refractivity contribution in [2.75, 3.05) is 7.05 Å². The third kappa shape index (κ3) is 4.06. The van der Waals surface area contributed by atoms with E-state index in [0.717, 1.165) is 6.42 Å². The summed E-state index contributed by atoms with van der Waals surface area (Å²) >= 11 is 0. The van der Waals surface area contributed by atoms with Crippen molar-refractivity contribution in [1.82, 2.24) is 4.90 Å². The number of carbonyl (C=O) groups excluding carboxylic acids is 1. The maximum atomic E-state index is 12.1. The first-order valence-corrected chi connectivity index (χ1v) is 6.44. The first-order valence-electron chi connectivity index (χ1n) is 6.44. The van der Waals surface area contributed by atoms with E-state index in [-0.39, 0.29) is 24.1 Å². The summed E-state index contributed by atoms with van der Waals surface area (Å²) in [6.07, 6.45) is 1.24. The molecule has 0 spiro atoms. The van der Waals surface area contributed by atoms with Gasteiger partial charge < -0.3 is 10.0 Å². The van der Waals surface area contributed by atoms with Crippen molar-refractivity contribution >= 4 is 5.91 Å². The first kappa shape index (κ1) is 14.6. The van der Waals surface area contributed by atoms with Gasteiger partial charge in [0.25, 0.3) is 0 Å². The minimum atomic E-state index is 0.0460. The highest BCUT2D eigenvalue weighted by atomic mass is 16.3. The molecule has 0 fully saturated rings. The van der Waals surface area contributed by atoms with Crippen LogP contribution in [0, 0.1) is 5.92 Å². The molecule has 1 atom stereocenters. The van der Waals surface area contributed by atoms with E-state index >= 15 is 0 Å². The molecule has 0 radical (unpaired) electrons. The van der Waals surface area contributed by atoms with Crippen LogP contribution in [0.1, 0.15) is 32.8 Å². The molecule has 0 aliphatic rings. The van der Waals surface area contributed by atoms with Gasteiger partial charge in [0.05, 0.1) is 6.42 Å². The number of likely N-dealkylation sites (N-methyl/N-ethyl adjacent to an activating group) is 1. The fraction of sp³-hybridized carbons (Fsp3) is 0.533. The second-order valence-electron chi connectivity index (χ2n) is 5.29. The third-order valence-electron chi connectivity index (χ3n) is 3.20. The lowest BCUT2D eigenvalue weighted by Gasteiger charge is -2.26. The van der Waals surface area contributed by atoms with Gasteiger partial charge in [0, 0.05) is 18.7 Å². The number of carbonyl (C=O) groups is 1. The van der Waals surface area contributed by atoms with Crippen LogP contribution in [0.2, 0.25) is 0 Å². The molecule has 3 nitrogen and oxygen atoms in total. The monoisotopic (exact) mass is 249 g/mol. The number of phenolic OH excluding ortho intramolecular Hbond substituents is 1. The van der Waals surface area contributed by atoms with Crippen LogP contribution in [-0.2, 0) is 11.2 Å². The number of hydrogen-bond acceptors (Lipinski definition) is 2. The van der Waals surface area contributed by atoms with Gasteiger partial charge in [0.15, 0.2) is 0 Å². The number of aromatic hydroxyl groups is 1. The molecule has 0 aliphatic carbocycles. The van der Waals surface area contributed by atoms with Crippen LogP contribution in [0.5, 0.6) is 5.75 Å². The molecule has 0 heterocycles. The largest absolute Gasteiger partial charge is 0.508 e. The Balaban J connectivity index is 2.63. The summed E-state index contributed by atoms with van der Waals surface area (Å²) in [5.74, 6) is 0.806. The second-order valence-corrected chi connectivity index (χ2v) is 5.29. The predicted molar refractivity (Wildman–Crippen MR) is 73.5 cm³/mol. The predicted octanol–water partition coefficient (Wildman–Crippen LogP) is 2.83. The van der Waals surface area contributed by atoms with E-state index < -0.39 is 0 Å². The molecule has 1 N–H and O–H groups in total. The summed E-state index contributed by atoms with van der Waals surface area (Å²) in [6, 6.07) is 7.21. The smallest absolute Gasteiger partial charge is 0.227 e. The van der Waals surface area contributed by atoms with Crippen molar-refractivity contribution < 1.29 is 9.90 Å². The van der Waals surface area contributed by atoms with Gasteiger partial charge in [-0.25, -0.2) is 0 Å². The van der Waals surface area contributed by atoms with Crippen LogP contribution >= 0.6 is 0 Å². The van der Waals surface area contributed by atoms with Crippen LogP contribution < -0.4 is 0 Å². The van der Waals surface area contributed by atoms with E-state index in [4.69, 9.17) is 0 Å². The summed E-state index contributed by atoms with van der Waals surface area (Å²) in [6.45, 7) is 6.36. The van der Waals surface area contributed by atoms with Gasteiger partial charge in [-0.15, -0.1) is 0 Å². The molecule has 0 aliphatic heterocycles. The number of nitrogens with zero attached hydrogens (tertiary/aromatic N) is 1. The van der Waals surface area contributed by atoms with Gasteiger partial charge in [-0.1, -0.05) is 32.0 Å². The molecule has 0 saturated carbocycles. The van der Waals surface area contributed by atoms with Gasteiger partial charge in [0.2, 0.25) is 5.91 Å². The average Bonchev–Trinajstić information content (AvgIpc) is 2.30. The van der Waals surface area contributed by atoms with Crippen LogP contribution in [-0.4, -0.2) is 29.0 Å². The zero-order valence-corrected chi connectivity index (χ0v) is 11.7. The van der Waals surface area contributed by atoms with Gasteiger partial charge in [-0.3, -0.25) is 4.79 Å². The third-order valence-corrected chi connectivity index (χ3v) is 3.20. The standard InChI is InChI=1S/C15H23NO2/c1-11(2)9-12(3)16(4)15(18)10-13-7-5-6-8-14(13)17/h5-8,11-12,17H,9-10H2,1-4H3. The van der Waals surface area contributed by atoms with Gasteiger partial charge in [0.1, 0.15) is 5.75 Å². The van der Waals surface area contributed by atoms with Crippen molar-refractivity contribution in [3.05, 3.63) is 29.8 Å². The number of amides is 1. The number of hydrogen-bond donors (Lipinski definition) is 1. The summed E-state index contributed by atoms with van der Waals surface area (Å²) in [5, 5.41) is 9.65. The maximum Gasteiger partial charge on any atom is 0.227 e. The Hall–Kier alpha value is -1.51. The molecule has 1 aromatic carbocycles. The van der Waals surface area contributed by atoms with Crippen LogP contribution in [0.25, 0.3) is 0 Å². The second kappa shape index (κ2) is 6.43. The van der Waals surface area contributed by atoms with Crippen molar-refractivity contribution in [2.45, 2.75) is 39.7 Å². The first-order chi connectivity index (χ1) is 8.41. The van der Waals surface area contributed by atoms with Crippen molar-refractivity contribution in [2.24, 2.45) is 5.92 Å². The molecule has 0 saturated heterocycles. The minimum absolute atomic E-state index is 0.0460. The number of benzene rings is 1. The summed E-state index contributed by atoms with van der Waals surface area (Å²) < 4.78 is 0. The van der Waals surface area contributed by atoms with E-state index in [2.05, 4.69) is 20.8 Å². The molecule has 1 aromatic rings. The van der Waals surface area contributed by atoms with Gasteiger partial charge in [-0.05, 0) is 25.3 Å². The summed E-state index contributed by atoms with van der Waals surface area (Å²) in [5.41, 5.74) is 0.686. The topological polar surface area (TPSA) is 40.5 Å². The average molecular weight is 249 g/mol. The SMILES string of the molecule is CC(C)CC(C)N(C)C(=O)Cc1ccccc1O. The Morgan fingerprint density at radius 1 is 1.28 bits per heavy atom. The minimum Gasteiger partial charge on any atom is -0.508 e. The van der Waals surface area contributed by atoms with E-state index in [1.54, 1.807) is 23.1 Å². The highest BCUT2D eigenvalue weighted by molar-refractivity contribution is 5.79. The fourth-order valence-corrected chi connectivity index (χ4v) is 2.03. The highest BCUT2D eigenvalue weighted by Gasteiger charge is 2.17. The van der Waals surface area contributed by atoms with Crippen molar-refractivity contribution in [3.63, 3.8) is 0 Å². The lowest BCUT2D eigenvalue weighted by atomic mass is 10.0. The Morgan fingerprint density at radius 2 is 1.89 bits per heavy atom. The molecule has 100 valence electrons. The van der Waals surface area contributed by atoms with Crippen molar-refractivity contribution in [1.29, 1.82) is 0 Å². The van der Waals surface area contributed by atoms with E-state index in [1.165, 1.54) is 0 Å².